The van der Waals surface area contributed by atoms with Gasteiger partial charge in [0.15, 0.2) is 0 Å². The minimum Gasteiger partial charge on any atom is -0.461 e. The maximum absolute atomic E-state index is 12.9. The van der Waals surface area contributed by atoms with Gasteiger partial charge >= 0.3 is 5.97 Å². The molecule has 2 heterocycles. The van der Waals surface area contributed by atoms with E-state index in [0.717, 1.165) is 23.5 Å². The highest BCUT2D eigenvalue weighted by atomic mass is 32.1. The summed E-state index contributed by atoms with van der Waals surface area (Å²) in [5.41, 5.74) is 1.75. The molecule has 0 radical (unpaired) electrons. The van der Waals surface area contributed by atoms with Crippen LogP contribution in [0.5, 0.6) is 0 Å². The van der Waals surface area contributed by atoms with Gasteiger partial charge in [-0.15, -0.1) is 22.7 Å². The molecule has 3 aromatic rings. The first kappa shape index (κ1) is 21.2. The summed E-state index contributed by atoms with van der Waals surface area (Å²) < 4.78 is 5.57. The molecule has 0 fully saturated rings. The van der Waals surface area contributed by atoms with Gasteiger partial charge in [-0.25, -0.2) is 4.79 Å². The molecular formula is C22H24N2O3S2. The average Bonchev–Trinajstić information content (AvgIpc) is 3.41. The highest BCUT2D eigenvalue weighted by Gasteiger charge is 2.24. The Hall–Kier alpha value is -2.48. The van der Waals surface area contributed by atoms with Crippen molar-refractivity contribution < 1.29 is 14.3 Å². The van der Waals surface area contributed by atoms with Gasteiger partial charge in [-0.05, 0) is 36.7 Å². The number of carbonyl (C=O) groups is 2. The number of esters is 1. The van der Waals surface area contributed by atoms with Crippen molar-refractivity contribution in [3.05, 3.63) is 64.4 Å². The van der Waals surface area contributed by atoms with E-state index in [1.807, 2.05) is 41.1 Å². The molecule has 29 heavy (non-hydrogen) atoms. The maximum atomic E-state index is 12.9. The van der Waals surface area contributed by atoms with Crippen LogP contribution in [-0.4, -0.2) is 43.0 Å². The third-order valence-corrected chi connectivity index (χ3v) is 6.38. The Kier molecular flexibility index (Phi) is 7.57. The van der Waals surface area contributed by atoms with E-state index < -0.39 is 5.97 Å². The van der Waals surface area contributed by atoms with Crippen LogP contribution >= 0.6 is 22.7 Å². The summed E-state index contributed by atoms with van der Waals surface area (Å²) in [5, 5.41) is 7.25. The molecule has 2 aromatic heterocycles. The van der Waals surface area contributed by atoms with Crippen molar-refractivity contribution in [2.45, 2.75) is 13.8 Å². The Bertz CT molecular complexity index is 932. The van der Waals surface area contributed by atoms with Gasteiger partial charge in [0, 0.05) is 27.9 Å². The van der Waals surface area contributed by atoms with Crippen LogP contribution in [0.2, 0.25) is 0 Å². The van der Waals surface area contributed by atoms with Crippen LogP contribution in [0.15, 0.2) is 53.2 Å². The number of hydrogen-bond donors (Lipinski definition) is 1. The number of likely N-dealkylation sites (N-methyl/N-ethyl adjacent to an activating group) is 1. The number of benzene rings is 1. The van der Waals surface area contributed by atoms with Crippen molar-refractivity contribution >= 4 is 39.6 Å². The fourth-order valence-corrected chi connectivity index (χ4v) is 4.68. The van der Waals surface area contributed by atoms with Gasteiger partial charge in [-0.2, -0.15) is 0 Å². The second kappa shape index (κ2) is 10.3. The van der Waals surface area contributed by atoms with Crippen LogP contribution in [-0.2, 0) is 4.74 Å². The second-order valence-corrected chi connectivity index (χ2v) is 8.14. The molecule has 0 atom stereocenters. The smallest absolute Gasteiger partial charge is 0.341 e. The van der Waals surface area contributed by atoms with E-state index >= 15 is 0 Å². The number of anilines is 1. The summed E-state index contributed by atoms with van der Waals surface area (Å²) in [6.45, 7) is 6.97. The van der Waals surface area contributed by atoms with Gasteiger partial charge in [0.1, 0.15) is 17.2 Å². The minimum absolute atomic E-state index is 0.248. The Morgan fingerprint density at radius 2 is 1.79 bits per heavy atom. The fraction of sp³-hybridized carbons (Fsp3) is 0.273. The first-order valence-electron chi connectivity index (χ1n) is 9.55. The molecule has 0 saturated carbocycles. The molecule has 7 heteroatoms. The van der Waals surface area contributed by atoms with Gasteiger partial charge in [0.25, 0.3) is 5.91 Å². The van der Waals surface area contributed by atoms with Crippen molar-refractivity contribution in [1.82, 2.24) is 4.90 Å². The van der Waals surface area contributed by atoms with E-state index in [-0.39, 0.29) is 5.91 Å². The quantitative estimate of drug-likeness (QED) is 0.474. The number of nitrogens with zero attached hydrogens (tertiary/aromatic N) is 1. The first-order chi connectivity index (χ1) is 14.1. The third-order valence-electron chi connectivity index (χ3n) is 4.58. The predicted molar refractivity (Wildman–Crippen MR) is 120 cm³/mol. The number of hydrogen-bond acceptors (Lipinski definition) is 6. The molecule has 0 aliphatic carbocycles. The monoisotopic (exact) mass is 428 g/mol. The number of nitrogens with one attached hydrogen (secondary N) is 1. The Morgan fingerprint density at radius 1 is 1.03 bits per heavy atom. The summed E-state index contributed by atoms with van der Waals surface area (Å²) in [4.78, 5) is 28.7. The molecular weight excluding hydrogens is 404 g/mol. The van der Waals surface area contributed by atoms with Crippen LogP contribution in [0.1, 0.15) is 34.6 Å². The number of carbonyl (C=O) groups excluding carboxylic acids is 2. The summed E-state index contributed by atoms with van der Waals surface area (Å²) in [5.74, 6) is -0.660. The number of ether oxygens (including phenoxy) is 1. The number of thiophene rings is 2. The normalized spacial score (nSPS) is 10.9. The van der Waals surface area contributed by atoms with Crippen molar-refractivity contribution in [3.8, 4) is 10.4 Å². The zero-order valence-electron chi connectivity index (χ0n) is 16.5. The fourth-order valence-electron chi connectivity index (χ4n) is 2.91. The van der Waals surface area contributed by atoms with Gasteiger partial charge < -0.3 is 15.0 Å². The lowest BCUT2D eigenvalue weighted by molar-refractivity contribution is 0.0469. The molecule has 0 bridgehead atoms. The lowest BCUT2D eigenvalue weighted by Crippen LogP contribution is -2.28. The standard InChI is InChI=1S/C22H24N2O3S2/c1-3-24(4-2)12-13-27-22(26)19-17(18-11-8-14-28-18)15-29-21(19)23-20(25)16-9-6-5-7-10-16/h5-11,14-15H,3-4,12-13H2,1-2H3,(H,23,25). The molecule has 1 amide bonds. The van der Waals surface area contributed by atoms with Crippen LogP contribution < -0.4 is 5.32 Å². The summed E-state index contributed by atoms with van der Waals surface area (Å²) in [7, 11) is 0. The van der Waals surface area contributed by atoms with Crippen LogP contribution in [0, 0.1) is 0 Å². The highest BCUT2D eigenvalue weighted by molar-refractivity contribution is 7.17. The lowest BCUT2D eigenvalue weighted by Gasteiger charge is -2.17. The topological polar surface area (TPSA) is 58.6 Å². The Morgan fingerprint density at radius 3 is 2.45 bits per heavy atom. The maximum Gasteiger partial charge on any atom is 0.341 e. The van der Waals surface area contributed by atoms with E-state index in [4.69, 9.17) is 4.74 Å². The SMILES string of the molecule is CCN(CC)CCOC(=O)c1c(-c2cccs2)csc1NC(=O)c1ccccc1. The van der Waals surface area contributed by atoms with Gasteiger partial charge in [0.05, 0.1) is 0 Å². The Balaban J connectivity index is 1.82. The average molecular weight is 429 g/mol. The van der Waals surface area contributed by atoms with E-state index in [9.17, 15) is 9.59 Å². The van der Waals surface area contributed by atoms with E-state index in [2.05, 4.69) is 24.1 Å². The second-order valence-electron chi connectivity index (χ2n) is 6.31. The van der Waals surface area contributed by atoms with Crippen LogP contribution in [0.4, 0.5) is 5.00 Å². The predicted octanol–water partition coefficient (Wildman–Crippen LogP) is 5.23. The molecule has 1 N–H and O–H groups in total. The lowest BCUT2D eigenvalue weighted by atomic mass is 10.1. The molecule has 1 aromatic carbocycles. The van der Waals surface area contributed by atoms with Crippen LogP contribution in [0.25, 0.3) is 10.4 Å². The third kappa shape index (κ3) is 5.32. The van der Waals surface area contributed by atoms with Crippen molar-refractivity contribution in [2.75, 3.05) is 31.6 Å². The molecule has 0 aliphatic rings. The van der Waals surface area contributed by atoms with Crippen molar-refractivity contribution in [1.29, 1.82) is 0 Å². The molecule has 152 valence electrons. The van der Waals surface area contributed by atoms with Crippen molar-refractivity contribution in [2.24, 2.45) is 0 Å². The van der Waals surface area contributed by atoms with Gasteiger partial charge in [0.2, 0.25) is 0 Å². The van der Waals surface area contributed by atoms with E-state index in [1.54, 1.807) is 23.5 Å². The molecule has 0 aliphatic heterocycles. The first-order valence-corrected chi connectivity index (χ1v) is 11.3. The van der Waals surface area contributed by atoms with E-state index in [0.29, 0.717) is 29.3 Å². The number of rotatable bonds is 9. The van der Waals surface area contributed by atoms with Crippen LogP contribution in [0.3, 0.4) is 0 Å². The zero-order valence-corrected chi connectivity index (χ0v) is 18.1. The van der Waals surface area contributed by atoms with Gasteiger partial charge in [-0.1, -0.05) is 38.1 Å². The molecule has 0 saturated heterocycles. The Labute approximate surface area is 178 Å². The van der Waals surface area contributed by atoms with E-state index in [1.165, 1.54) is 11.3 Å². The van der Waals surface area contributed by atoms with Crippen molar-refractivity contribution in [3.63, 3.8) is 0 Å². The minimum atomic E-state index is -0.412. The molecule has 5 nitrogen and oxygen atoms in total. The summed E-state index contributed by atoms with van der Waals surface area (Å²) >= 11 is 2.89. The molecule has 0 spiro atoms. The largest absolute Gasteiger partial charge is 0.461 e. The molecule has 0 unspecified atom stereocenters. The summed E-state index contributed by atoms with van der Waals surface area (Å²) in [6.07, 6.45) is 0. The molecule has 3 rings (SSSR count). The van der Waals surface area contributed by atoms with Gasteiger partial charge in [-0.3, -0.25) is 4.79 Å². The highest BCUT2D eigenvalue weighted by Crippen LogP contribution is 2.38. The number of amides is 1. The zero-order chi connectivity index (χ0) is 20.6. The summed E-state index contributed by atoms with van der Waals surface area (Å²) in [6, 6.07) is 12.9.